The maximum Gasteiger partial charge on any atom is 0.415 e. The van der Waals surface area contributed by atoms with Crippen LogP contribution in [0, 0.1) is 18.9 Å². The zero-order chi connectivity index (χ0) is 23.2. The van der Waals surface area contributed by atoms with Gasteiger partial charge in [-0.15, -0.1) is 0 Å². The Kier molecular flexibility index (Phi) is 5.04. The van der Waals surface area contributed by atoms with Crippen molar-refractivity contribution in [3.63, 3.8) is 0 Å². The quantitative estimate of drug-likeness (QED) is 0.472. The average molecular weight is 445 g/mol. The van der Waals surface area contributed by atoms with Crippen LogP contribution in [0.5, 0.6) is 5.75 Å². The Bertz CT molecular complexity index is 1280. The molecule has 0 N–H and O–H groups in total. The molecule has 2 atom stereocenters. The first-order valence-electron chi connectivity index (χ1n) is 11.3. The highest BCUT2D eigenvalue weighted by atomic mass is 16.6. The topological polar surface area (TPSA) is 61.0 Å². The Balaban J connectivity index is 1.41. The van der Waals surface area contributed by atoms with Crippen LogP contribution < -0.4 is 9.64 Å². The molecule has 1 aromatic heterocycles. The highest BCUT2D eigenvalue weighted by molar-refractivity contribution is 5.91. The van der Waals surface area contributed by atoms with Gasteiger partial charge in [0.05, 0.1) is 43.3 Å². The van der Waals surface area contributed by atoms with Crippen molar-refractivity contribution in [1.29, 1.82) is 0 Å². The van der Waals surface area contributed by atoms with Crippen molar-refractivity contribution in [2.75, 3.05) is 18.6 Å². The summed E-state index contributed by atoms with van der Waals surface area (Å²) in [6, 6.07) is 11.4. The van der Waals surface area contributed by atoms with Gasteiger partial charge in [-0.1, -0.05) is 19.1 Å². The van der Waals surface area contributed by atoms with E-state index in [0.29, 0.717) is 12.2 Å². The SMILES string of the molecule is [C-]#[N+]c1ccc2ncn(C[C@@]3(C)CCC[C@@]4(CN(c5cc(OC)ccc5C)C(=O)O4)C3)c2c1. The number of fused-ring (bicyclic) bond motifs is 1. The predicted octanol–water partition coefficient (Wildman–Crippen LogP) is 5.88. The second-order valence-corrected chi connectivity index (χ2v) is 9.79. The summed E-state index contributed by atoms with van der Waals surface area (Å²) in [5.41, 5.74) is 3.78. The molecule has 2 heterocycles. The molecule has 33 heavy (non-hydrogen) atoms. The van der Waals surface area contributed by atoms with Crippen LogP contribution in [0.15, 0.2) is 42.7 Å². The van der Waals surface area contributed by atoms with Gasteiger partial charge in [0, 0.05) is 12.6 Å². The third kappa shape index (κ3) is 3.80. The summed E-state index contributed by atoms with van der Waals surface area (Å²) in [6.45, 7) is 12.9. The highest BCUT2D eigenvalue weighted by Gasteiger charge is 2.52. The van der Waals surface area contributed by atoms with Crippen molar-refractivity contribution in [1.82, 2.24) is 9.55 Å². The van der Waals surface area contributed by atoms with Gasteiger partial charge in [-0.2, -0.15) is 0 Å². The van der Waals surface area contributed by atoms with Crippen LogP contribution in [0.1, 0.15) is 38.2 Å². The van der Waals surface area contributed by atoms with E-state index in [0.717, 1.165) is 60.3 Å². The summed E-state index contributed by atoms with van der Waals surface area (Å²) in [4.78, 5) is 22.8. The molecule has 2 fully saturated rings. The Morgan fingerprint density at radius 3 is 2.88 bits per heavy atom. The minimum absolute atomic E-state index is 0.0558. The molecule has 3 aromatic rings. The van der Waals surface area contributed by atoms with E-state index < -0.39 is 5.60 Å². The second-order valence-electron chi connectivity index (χ2n) is 9.79. The molecule has 1 saturated carbocycles. The number of aryl methyl sites for hydroxylation is 1. The van der Waals surface area contributed by atoms with E-state index >= 15 is 0 Å². The Hall–Kier alpha value is -3.53. The minimum Gasteiger partial charge on any atom is -0.497 e. The molecule has 0 unspecified atom stereocenters. The minimum atomic E-state index is -0.502. The number of anilines is 1. The van der Waals surface area contributed by atoms with Gasteiger partial charge in [-0.3, -0.25) is 4.90 Å². The van der Waals surface area contributed by atoms with Crippen LogP contribution in [0.3, 0.4) is 0 Å². The lowest BCUT2D eigenvalue weighted by atomic mass is 9.68. The van der Waals surface area contributed by atoms with E-state index in [-0.39, 0.29) is 11.5 Å². The zero-order valence-electron chi connectivity index (χ0n) is 19.3. The maximum atomic E-state index is 13.0. The number of methoxy groups -OCH3 is 1. The molecule has 0 bridgehead atoms. The Labute approximate surface area is 193 Å². The standard InChI is InChI=1S/C26H28N4O3/c1-18-6-8-20(32-4)13-22(18)30-16-26(33-24(30)31)11-5-10-25(2,14-26)15-29-17-28-21-9-7-19(27-3)12-23(21)29/h6-9,12-13,17H,5,10-11,14-16H2,1-2,4H3/t25-,26-/m0/s1. The van der Waals surface area contributed by atoms with Crippen molar-refractivity contribution in [3.05, 3.63) is 59.7 Å². The number of hydrogen-bond donors (Lipinski definition) is 0. The van der Waals surface area contributed by atoms with Crippen LogP contribution >= 0.6 is 0 Å². The van der Waals surface area contributed by atoms with Gasteiger partial charge in [0.2, 0.25) is 0 Å². The summed E-state index contributed by atoms with van der Waals surface area (Å²) in [5, 5.41) is 0. The van der Waals surface area contributed by atoms with E-state index in [9.17, 15) is 4.79 Å². The van der Waals surface area contributed by atoms with Crippen molar-refractivity contribution in [3.8, 4) is 5.75 Å². The van der Waals surface area contributed by atoms with Crippen LogP contribution in [-0.4, -0.2) is 34.9 Å². The van der Waals surface area contributed by atoms with Gasteiger partial charge in [0.25, 0.3) is 0 Å². The molecular formula is C26H28N4O3. The number of nitrogens with zero attached hydrogens (tertiary/aromatic N) is 4. The molecule has 7 nitrogen and oxygen atoms in total. The van der Waals surface area contributed by atoms with Gasteiger partial charge in [0.1, 0.15) is 11.4 Å². The van der Waals surface area contributed by atoms with Crippen molar-refractivity contribution >= 4 is 28.5 Å². The van der Waals surface area contributed by atoms with E-state index in [4.69, 9.17) is 16.0 Å². The number of hydrogen-bond acceptors (Lipinski definition) is 4. The van der Waals surface area contributed by atoms with E-state index in [1.54, 1.807) is 18.1 Å². The van der Waals surface area contributed by atoms with Crippen molar-refractivity contribution in [2.45, 2.75) is 51.7 Å². The van der Waals surface area contributed by atoms with Crippen LogP contribution in [0.2, 0.25) is 0 Å². The fourth-order valence-corrected chi connectivity index (χ4v) is 5.62. The first kappa shape index (κ1) is 21.3. The summed E-state index contributed by atoms with van der Waals surface area (Å²) >= 11 is 0. The van der Waals surface area contributed by atoms with E-state index in [1.807, 2.05) is 43.6 Å². The number of rotatable bonds is 4. The predicted molar refractivity (Wildman–Crippen MR) is 127 cm³/mol. The number of aromatic nitrogens is 2. The monoisotopic (exact) mass is 444 g/mol. The van der Waals surface area contributed by atoms with E-state index in [1.165, 1.54) is 0 Å². The number of benzene rings is 2. The molecule has 1 aliphatic heterocycles. The van der Waals surface area contributed by atoms with Crippen molar-refractivity contribution < 1.29 is 14.3 Å². The molecule has 2 aliphatic rings. The van der Waals surface area contributed by atoms with Crippen LogP contribution in [0.25, 0.3) is 15.9 Å². The smallest absolute Gasteiger partial charge is 0.415 e. The number of amides is 1. The molecule has 5 rings (SSSR count). The zero-order valence-corrected chi connectivity index (χ0v) is 19.3. The highest BCUT2D eigenvalue weighted by Crippen LogP contribution is 2.48. The summed E-state index contributed by atoms with van der Waals surface area (Å²) < 4.78 is 13.6. The molecule has 1 saturated heterocycles. The molecule has 0 radical (unpaired) electrons. The molecule has 170 valence electrons. The van der Waals surface area contributed by atoms with Crippen molar-refractivity contribution in [2.24, 2.45) is 5.41 Å². The Morgan fingerprint density at radius 2 is 2.09 bits per heavy atom. The molecule has 2 aromatic carbocycles. The molecular weight excluding hydrogens is 416 g/mol. The van der Waals surface area contributed by atoms with Gasteiger partial charge in [-0.25, -0.2) is 14.6 Å². The first-order chi connectivity index (χ1) is 15.8. The van der Waals surface area contributed by atoms with Gasteiger partial charge >= 0.3 is 6.09 Å². The first-order valence-corrected chi connectivity index (χ1v) is 11.3. The maximum absolute atomic E-state index is 13.0. The lowest BCUT2D eigenvalue weighted by Crippen LogP contribution is -2.45. The Morgan fingerprint density at radius 1 is 1.24 bits per heavy atom. The second kappa shape index (κ2) is 7.80. The average Bonchev–Trinajstić information content (AvgIpc) is 3.33. The number of carbonyl (C=O) groups excluding carboxylic acids is 1. The van der Waals surface area contributed by atoms with Gasteiger partial charge in [-0.05, 0) is 61.8 Å². The third-order valence-electron chi connectivity index (χ3n) is 7.13. The third-order valence-corrected chi connectivity index (χ3v) is 7.13. The molecule has 1 amide bonds. The largest absolute Gasteiger partial charge is 0.497 e. The van der Waals surface area contributed by atoms with Gasteiger partial charge in [0.15, 0.2) is 5.69 Å². The van der Waals surface area contributed by atoms with Crippen LogP contribution in [-0.2, 0) is 11.3 Å². The fourth-order valence-electron chi connectivity index (χ4n) is 5.62. The summed E-state index contributed by atoms with van der Waals surface area (Å²) in [5.74, 6) is 0.726. The lowest BCUT2D eigenvalue weighted by molar-refractivity contribution is -0.0264. The summed E-state index contributed by atoms with van der Waals surface area (Å²) in [6.07, 6.45) is 5.26. The normalized spacial score (nSPS) is 24.8. The molecule has 1 aliphatic carbocycles. The number of imidazole rings is 1. The van der Waals surface area contributed by atoms with E-state index in [2.05, 4.69) is 21.3 Å². The van der Waals surface area contributed by atoms with Gasteiger partial charge < -0.3 is 14.0 Å². The molecule has 7 heteroatoms. The molecule has 1 spiro atoms. The lowest BCUT2D eigenvalue weighted by Gasteiger charge is -2.43. The summed E-state index contributed by atoms with van der Waals surface area (Å²) in [7, 11) is 1.63. The number of carbonyl (C=O) groups is 1. The fraction of sp³-hybridized carbons (Fsp3) is 0.423. The number of ether oxygens (including phenoxy) is 2. The van der Waals surface area contributed by atoms with Crippen LogP contribution in [0.4, 0.5) is 16.2 Å².